The van der Waals surface area contributed by atoms with Crippen molar-refractivity contribution in [1.29, 1.82) is 0 Å². The SMILES string of the molecule is Nc1nc2ccc(Sc3ccc4ccccc4c3)cc2c(=O)[nH]1. The summed E-state index contributed by atoms with van der Waals surface area (Å²) in [4.78, 5) is 20.8. The Labute approximate surface area is 136 Å². The minimum Gasteiger partial charge on any atom is -0.369 e. The number of nitrogens with one attached hydrogen (secondary N) is 1. The number of H-pyrrole nitrogens is 1. The third kappa shape index (κ3) is 2.66. The molecule has 0 unspecified atom stereocenters. The number of rotatable bonds is 2. The number of aromatic amines is 1. The molecule has 1 heterocycles. The Morgan fingerprint density at radius 3 is 2.52 bits per heavy atom. The summed E-state index contributed by atoms with van der Waals surface area (Å²) >= 11 is 1.62. The number of nitrogens with two attached hydrogens (primary N) is 1. The Kier molecular flexibility index (Phi) is 3.28. The van der Waals surface area contributed by atoms with Crippen LogP contribution >= 0.6 is 11.8 Å². The number of hydrogen-bond acceptors (Lipinski definition) is 4. The smallest absolute Gasteiger partial charge is 0.260 e. The lowest BCUT2D eigenvalue weighted by molar-refractivity contribution is 1.18. The fourth-order valence-electron chi connectivity index (χ4n) is 2.57. The van der Waals surface area contributed by atoms with Crippen molar-refractivity contribution in [1.82, 2.24) is 9.97 Å². The van der Waals surface area contributed by atoms with Gasteiger partial charge in [-0.1, -0.05) is 42.1 Å². The van der Waals surface area contributed by atoms with Crippen molar-refractivity contribution in [3.8, 4) is 0 Å². The fourth-order valence-corrected chi connectivity index (χ4v) is 3.47. The highest BCUT2D eigenvalue weighted by atomic mass is 32.2. The molecule has 0 saturated carbocycles. The topological polar surface area (TPSA) is 71.8 Å². The molecular weight excluding hydrogens is 306 g/mol. The van der Waals surface area contributed by atoms with E-state index in [0.717, 1.165) is 9.79 Å². The van der Waals surface area contributed by atoms with E-state index in [0.29, 0.717) is 10.9 Å². The van der Waals surface area contributed by atoms with Gasteiger partial charge in [0, 0.05) is 9.79 Å². The van der Waals surface area contributed by atoms with E-state index in [1.807, 2.05) is 30.3 Å². The van der Waals surface area contributed by atoms with Crippen LogP contribution in [0.15, 0.2) is 75.2 Å². The van der Waals surface area contributed by atoms with Gasteiger partial charge in [-0.15, -0.1) is 0 Å². The van der Waals surface area contributed by atoms with Crippen LogP contribution in [-0.4, -0.2) is 9.97 Å². The standard InChI is InChI=1S/C18H13N3OS/c19-18-20-16-8-7-14(10-15(16)17(22)21-18)23-13-6-5-11-3-1-2-4-12(11)9-13/h1-10H,(H3,19,20,21,22). The van der Waals surface area contributed by atoms with Gasteiger partial charge in [-0.25, -0.2) is 4.98 Å². The summed E-state index contributed by atoms with van der Waals surface area (Å²) in [6.07, 6.45) is 0. The normalized spacial score (nSPS) is 11.1. The van der Waals surface area contributed by atoms with E-state index < -0.39 is 0 Å². The average Bonchev–Trinajstić information content (AvgIpc) is 2.55. The summed E-state index contributed by atoms with van der Waals surface area (Å²) in [6.45, 7) is 0. The van der Waals surface area contributed by atoms with Crippen molar-refractivity contribution in [3.05, 3.63) is 71.0 Å². The van der Waals surface area contributed by atoms with Gasteiger partial charge in [0.05, 0.1) is 10.9 Å². The van der Waals surface area contributed by atoms with E-state index in [4.69, 9.17) is 5.73 Å². The molecule has 0 radical (unpaired) electrons. The summed E-state index contributed by atoms with van der Waals surface area (Å²) in [5.41, 5.74) is 5.96. The highest BCUT2D eigenvalue weighted by molar-refractivity contribution is 7.99. The Morgan fingerprint density at radius 2 is 1.65 bits per heavy atom. The Morgan fingerprint density at radius 1 is 0.913 bits per heavy atom. The van der Waals surface area contributed by atoms with Gasteiger partial charge in [-0.2, -0.15) is 0 Å². The second-order valence-corrected chi connectivity index (χ2v) is 6.39. The molecule has 3 aromatic carbocycles. The lowest BCUT2D eigenvalue weighted by Crippen LogP contribution is -2.11. The summed E-state index contributed by atoms with van der Waals surface area (Å²) in [6, 6.07) is 20.2. The Hall–Kier alpha value is -2.79. The molecule has 0 atom stereocenters. The largest absolute Gasteiger partial charge is 0.369 e. The Bertz CT molecular complexity index is 1090. The molecule has 0 aliphatic heterocycles. The highest BCUT2D eigenvalue weighted by Crippen LogP contribution is 2.31. The summed E-state index contributed by atoms with van der Waals surface area (Å²) < 4.78 is 0. The molecule has 0 bridgehead atoms. The third-order valence-electron chi connectivity index (χ3n) is 3.65. The van der Waals surface area contributed by atoms with Crippen LogP contribution in [0, 0.1) is 0 Å². The first-order valence-corrected chi connectivity index (χ1v) is 7.97. The minimum absolute atomic E-state index is 0.137. The van der Waals surface area contributed by atoms with Gasteiger partial charge >= 0.3 is 0 Å². The maximum Gasteiger partial charge on any atom is 0.260 e. The maximum atomic E-state index is 12.0. The van der Waals surface area contributed by atoms with Crippen molar-refractivity contribution in [2.75, 3.05) is 5.73 Å². The number of aromatic nitrogens is 2. The lowest BCUT2D eigenvalue weighted by atomic mass is 10.1. The number of hydrogen-bond donors (Lipinski definition) is 2. The molecule has 4 nitrogen and oxygen atoms in total. The van der Waals surface area contributed by atoms with Crippen molar-refractivity contribution in [2.24, 2.45) is 0 Å². The number of nitrogen functional groups attached to an aromatic ring is 1. The van der Waals surface area contributed by atoms with E-state index in [9.17, 15) is 4.79 Å². The van der Waals surface area contributed by atoms with Crippen LogP contribution in [0.4, 0.5) is 5.95 Å². The first-order chi connectivity index (χ1) is 11.2. The number of nitrogens with zero attached hydrogens (tertiary/aromatic N) is 1. The van der Waals surface area contributed by atoms with Gasteiger partial charge < -0.3 is 5.73 Å². The molecule has 4 rings (SSSR count). The van der Waals surface area contributed by atoms with Crippen LogP contribution in [0.1, 0.15) is 0 Å². The molecule has 112 valence electrons. The van der Waals surface area contributed by atoms with Gasteiger partial charge in [0.25, 0.3) is 5.56 Å². The first-order valence-electron chi connectivity index (χ1n) is 7.15. The van der Waals surface area contributed by atoms with Gasteiger partial charge in [-0.3, -0.25) is 9.78 Å². The monoisotopic (exact) mass is 319 g/mol. The summed E-state index contributed by atoms with van der Waals surface area (Å²) in [5, 5.41) is 2.96. The lowest BCUT2D eigenvalue weighted by Gasteiger charge is -2.05. The Balaban J connectivity index is 1.75. The number of fused-ring (bicyclic) bond motifs is 2. The van der Waals surface area contributed by atoms with Crippen molar-refractivity contribution >= 4 is 39.4 Å². The van der Waals surface area contributed by atoms with Crippen LogP contribution in [0.3, 0.4) is 0 Å². The quantitative estimate of drug-likeness (QED) is 0.589. The van der Waals surface area contributed by atoms with Gasteiger partial charge in [0.1, 0.15) is 0 Å². The summed E-state index contributed by atoms with van der Waals surface area (Å²) in [5.74, 6) is 0.137. The molecule has 4 aromatic rings. The second-order valence-electron chi connectivity index (χ2n) is 5.24. The van der Waals surface area contributed by atoms with Gasteiger partial charge in [0.2, 0.25) is 5.95 Å². The van der Waals surface area contributed by atoms with Crippen molar-refractivity contribution in [2.45, 2.75) is 9.79 Å². The zero-order valence-corrected chi connectivity index (χ0v) is 12.9. The maximum absolute atomic E-state index is 12.0. The van der Waals surface area contributed by atoms with Crippen LogP contribution < -0.4 is 11.3 Å². The molecule has 0 aliphatic rings. The van der Waals surface area contributed by atoms with Crippen LogP contribution in [0.5, 0.6) is 0 Å². The third-order valence-corrected chi connectivity index (χ3v) is 4.63. The second kappa shape index (κ2) is 5.44. The predicted octanol–water partition coefficient (Wildman–Crippen LogP) is 3.81. The van der Waals surface area contributed by atoms with Crippen LogP contribution in [0.2, 0.25) is 0 Å². The van der Waals surface area contributed by atoms with Crippen molar-refractivity contribution < 1.29 is 0 Å². The number of anilines is 1. The predicted molar refractivity (Wildman–Crippen MR) is 94.8 cm³/mol. The van der Waals surface area contributed by atoms with Crippen molar-refractivity contribution in [3.63, 3.8) is 0 Å². The fraction of sp³-hybridized carbons (Fsp3) is 0. The number of benzene rings is 3. The molecule has 1 aromatic heterocycles. The molecule has 0 spiro atoms. The minimum atomic E-state index is -0.214. The molecule has 0 amide bonds. The van der Waals surface area contributed by atoms with Crippen LogP contribution in [-0.2, 0) is 0 Å². The first kappa shape index (κ1) is 13.8. The molecule has 3 N–H and O–H groups in total. The molecule has 0 saturated heterocycles. The van der Waals surface area contributed by atoms with Gasteiger partial charge in [-0.05, 0) is 41.1 Å². The van der Waals surface area contributed by atoms with Crippen LogP contribution in [0.25, 0.3) is 21.7 Å². The molecule has 5 heteroatoms. The molecule has 0 aliphatic carbocycles. The summed E-state index contributed by atoms with van der Waals surface area (Å²) in [7, 11) is 0. The molecule has 23 heavy (non-hydrogen) atoms. The average molecular weight is 319 g/mol. The van der Waals surface area contributed by atoms with E-state index in [1.54, 1.807) is 11.8 Å². The van der Waals surface area contributed by atoms with E-state index >= 15 is 0 Å². The zero-order valence-electron chi connectivity index (χ0n) is 12.1. The zero-order chi connectivity index (χ0) is 15.8. The van der Waals surface area contributed by atoms with E-state index in [-0.39, 0.29) is 11.5 Å². The highest BCUT2D eigenvalue weighted by Gasteiger charge is 2.05. The van der Waals surface area contributed by atoms with E-state index in [2.05, 4.69) is 40.3 Å². The molecular formula is C18H13N3OS. The van der Waals surface area contributed by atoms with Gasteiger partial charge in [0.15, 0.2) is 0 Å². The molecule has 0 fully saturated rings. The van der Waals surface area contributed by atoms with E-state index in [1.165, 1.54) is 10.8 Å².